The fraction of sp³-hybridized carbons (Fsp3) is 0.667. The van der Waals surface area contributed by atoms with E-state index in [0.29, 0.717) is 6.04 Å². The molecule has 2 rings (SSSR count). The molecule has 0 amide bonds. The Morgan fingerprint density at radius 1 is 1.33 bits per heavy atom. The van der Waals surface area contributed by atoms with Crippen LogP contribution in [0.3, 0.4) is 0 Å². The molecule has 1 unspecified atom stereocenters. The lowest BCUT2D eigenvalue weighted by Gasteiger charge is -2.42. The maximum Gasteiger partial charge on any atom is 0.125 e. The molecule has 1 heterocycles. The zero-order valence-corrected chi connectivity index (χ0v) is 14.5. The van der Waals surface area contributed by atoms with Gasteiger partial charge in [0.05, 0.1) is 0 Å². The summed E-state index contributed by atoms with van der Waals surface area (Å²) in [5.41, 5.74) is 1.17. The molecule has 0 fully saturated rings. The monoisotopic (exact) mass is 309 g/mol. The van der Waals surface area contributed by atoms with Gasteiger partial charge in [-0.25, -0.2) is 0 Å². The van der Waals surface area contributed by atoms with Crippen molar-refractivity contribution in [2.75, 3.05) is 6.54 Å². The average molecular weight is 310 g/mol. The van der Waals surface area contributed by atoms with Crippen LogP contribution >= 0.6 is 11.6 Å². The summed E-state index contributed by atoms with van der Waals surface area (Å²) in [5, 5.41) is 4.51. The number of halogens is 1. The quantitative estimate of drug-likeness (QED) is 0.764. The molecule has 0 bridgehead atoms. The topological polar surface area (TPSA) is 21.3 Å². The third-order valence-electron chi connectivity index (χ3n) is 4.65. The van der Waals surface area contributed by atoms with Gasteiger partial charge in [0.15, 0.2) is 0 Å². The number of fused-ring (bicyclic) bond motifs is 1. The molecule has 0 aliphatic carbocycles. The minimum absolute atomic E-state index is 0.0453. The van der Waals surface area contributed by atoms with E-state index in [-0.39, 0.29) is 5.60 Å². The third-order valence-corrected chi connectivity index (χ3v) is 4.89. The molecule has 2 nitrogen and oxygen atoms in total. The highest BCUT2D eigenvalue weighted by Gasteiger charge is 2.38. The van der Waals surface area contributed by atoms with E-state index in [9.17, 15) is 0 Å². The van der Waals surface area contributed by atoms with Crippen LogP contribution in [-0.2, 0) is 0 Å². The molecule has 0 aromatic heterocycles. The molecule has 0 saturated heterocycles. The standard InChI is InChI=1S/C18H28ClNO/c1-5-18(6-2)12-16(20-10-9-13(3)4)15-11-14(19)7-8-17(15)21-18/h7-8,11,13,16,20H,5-6,9-10,12H2,1-4H3. The number of ether oxygens (including phenoxy) is 1. The van der Waals surface area contributed by atoms with E-state index in [1.54, 1.807) is 0 Å². The first-order chi connectivity index (χ1) is 9.99. The predicted molar refractivity (Wildman–Crippen MR) is 90.2 cm³/mol. The van der Waals surface area contributed by atoms with Crippen molar-refractivity contribution in [3.63, 3.8) is 0 Å². The van der Waals surface area contributed by atoms with E-state index in [4.69, 9.17) is 16.3 Å². The fourth-order valence-electron chi connectivity index (χ4n) is 3.05. The molecule has 1 atom stereocenters. The van der Waals surface area contributed by atoms with Crippen molar-refractivity contribution in [1.82, 2.24) is 5.32 Å². The van der Waals surface area contributed by atoms with E-state index >= 15 is 0 Å². The second kappa shape index (κ2) is 7.02. The molecular weight excluding hydrogens is 282 g/mol. The lowest BCUT2D eigenvalue weighted by atomic mass is 9.83. The number of hydrogen-bond donors (Lipinski definition) is 1. The number of rotatable bonds is 6. The smallest absolute Gasteiger partial charge is 0.125 e. The Morgan fingerprint density at radius 2 is 2.05 bits per heavy atom. The van der Waals surface area contributed by atoms with Crippen LogP contribution in [0.1, 0.15) is 65.0 Å². The van der Waals surface area contributed by atoms with Gasteiger partial charge in [0.2, 0.25) is 0 Å². The molecular formula is C18H28ClNO. The van der Waals surface area contributed by atoms with E-state index in [1.165, 1.54) is 12.0 Å². The highest BCUT2D eigenvalue weighted by molar-refractivity contribution is 6.30. The third kappa shape index (κ3) is 3.92. The van der Waals surface area contributed by atoms with Gasteiger partial charge in [-0.15, -0.1) is 0 Å². The molecule has 0 radical (unpaired) electrons. The zero-order chi connectivity index (χ0) is 15.5. The minimum atomic E-state index is -0.0453. The normalized spacial score (nSPS) is 20.2. The Morgan fingerprint density at radius 3 is 2.67 bits per heavy atom. The highest BCUT2D eigenvalue weighted by atomic mass is 35.5. The summed E-state index contributed by atoms with van der Waals surface area (Å²) in [7, 11) is 0. The molecule has 1 aliphatic heterocycles. The van der Waals surface area contributed by atoms with Crippen LogP contribution < -0.4 is 10.1 Å². The molecule has 0 spiro atoms. The van der Waals surface area contributed by atoms with Crippen molar-refractivity contribution in [3.05, 3.63) is 28.8 Å². The number of nitrogens with one attached hydrogen (secondary N) is 1. The van der Waals surface area contributed by atoms with Crippen molar-refractivity contribution in [2.24, 2.45) is 5.92 Å². The second-order valence-electron chi connectivity index (χ2n) is 6.57. The van der Waals surface area contributed by atoms with Crippen molar-refractivity contribution in [2.45, 2.75) is 65.0 Å². The van der Waals surface area contributed by atoms with E-state index in [2.05, 4.69) is 39.1 Å². The first kappa shape index (κ1) is 16.6. The zero-order valence-electron chi connectivity index (χ0n) is 13.7. The maximum atomic E-state index is 6.33. The van der Waals surface area contributed by atoms with Crippen molar-refractivity contribution in [1.29, 1.82) is 0 Å². The Bertz CT molecular complexity index is 468. The van der Waals surface area contributed by atoms with Crippen LogP contribution in [0.2, 0.25) is 5.02 Å². The second-order valence-corrected chi connectivity index (χ2v) is 7.00. The molecule has 1 aromatic rings. The lowest BCUT2D eigenvalue weighted by molar-refractivity contribution is 0.0227. The Kier molecular flexibility index (Phi) is 5.56. The van der Waals surface area contributed by atoms with Crippen LogP contribution in [0.5, 0.6) is 5.75 Å². The maximum absolute atomic E-state index is 6.33. The summed E-state index contributed by atoms with van der Waals surface area (Å²) in [6.07, 6.45) is 4.28. The van der Waals surface area contributed by atoms with Crippen LogP contribution in [0.4, 0.5) is 0 Å². The first-order valence-corrected chi connectivity index (χ1v) is 8.59. The van der Waals surface area contributed by atoms with Gasteiger partial charge < -0.3 is 10.1 Å². The number of hydrogen-bond acceptors (Lipinski definition) is 2. The minimum Gasteiger partial charge on any atom is -0.487 e. The molecule has 118 valence electrons. The Balaban J connectivity index is 2.22. The Labute approximate surface area is 134 Å². The van der Waals surface area contributed by atoms with Gasteiger partial charge in [0, 0.05) is 23.0 Å². The Hall–Kier alpha value is -0.730. The molecule has 3 heteroatoms. The van der Waals surface area contributed by atoms with Gasteiger partial charge in [0.1, 0.15) is 11.4 Å². The molecule has 1 aromatic carbocycles. The summed E-state index contributed by atoms with van der Waals surface area (Å²) in [6, 6.07) is 6.34. The average Bonchev–Trinajstić information content (AvgIpc) is 2.47. The summed E-state index contributed by atoms with van der Waals surface area (Å²) in [4.78, 5) is 0. The van der Waals surface area contributed by atoms with Gasteiger partial charge >= 0.3 is 0 Å². The van der Waals surface area contributed by atoms with Crippen LogP contribution in [0.15, 0.2) is 18.2 Å². The van der Waals surface area contributed by atoms with Gasteiger partial charge in [-0.2, -0.15) is 0 Å². The van der Waals surface area contributed by atoms with Crippen molar-refractivity contribution >= 4 is 11.6 Å². The first-order valence-electron chi connectivity index (χ1n) is 8.21. The van der Waals surface area contributed by atoms with Crippen LogP contribution in [0.25, 0.3) is 0 Å². The molecule has 1 N–H and O–H groups in total. The lowest BCUT2D eigenvalue weighted by Crippen LogP contribution is -2.43. The van der Waals surface area contributed by atoms with Gasteiger partial charge in [-0.05, 0) is 49.9 Å². The van der Waals surface area contributed by atoms with Gasteiger partial charge in [-0.1, -0.05) is 39.3 Å². The van der Waals surface area contributed by atoms with Gasteiger partial charge in [0.25, 0.3) is 0 Å². The van der Waals surface area contributed by atoms with Crippen molar-refractivity contribution < 1.29 is 4.74 Å². The van der Waals surface area contributed by atoms with Crippen LogP contribution in [0, 0.1) is 5.92 Å². The number of benzene rings is 1. The van der Waals surface area contributed by atoms with Gasteiger partial charge in [-0.3, -0.25) is 0 Å². The predicted octanol–water partition coefficient (Wildman–Crippen LogP) is 5.36. The summed E-state index contributed by atoms with van der Waals surface area (Å²) in [5.74, 6) is 1.72. The van der Waals surface area contributed by atoms with E-state index in [1.807, 2.05) is 12.1 Å². The molecule has 1 aliphatic rings. The summed E-state index contributed by atoms with van der Waals surface area (Å²) in [6.45, 7) is 10.0. The summed E-state index contributed by atoms with van der Waals surface area (Å²) < 4.78 is 6.33. The molecule has 21 heavy (non-hydrogen) atoms. The van der Waals surface area contributed by atoms with E-state index < -0.39 is 0 Å². The highest BCUT2D eigenvalue weighted by Crippen LogP contribution is 2.43. The van der Waals surface area contributed by atoms with Crippen LogP contribution in [-0.4, -0.2) is 12.1 Å². The largest absolute Gasteiger partial charge is 0.487 e. The molecule has 0 saturated carbocycles. The summed E-state index contributed by atoms with van der Waals surface area (Å²) >= 11 is 6.18. The van der Waals surface area contributed by atoms with Crippen molar-refractivity contribution in [3.8, 4) is 5.75 Å². The SMILES string of the molecule is CCC1(CC)CC(NCCC(C)C)c2cc(Cl)ccc2O1. The van der Waals surface area contributed by atoms with E-state index in [0.717, 1.165) is 42.5 Å². The fourth-order valence-corrected chi connectivity index (χ4v) is 3.23.